The van der Waals surface area contributed by atoms with E-state index in [1.54, 1.807) is 30.3 Å². The number of oxazole rings is 1. The van der Waals surface area contributed by atoms with E-state index in [0.29, 0.717) is 22.5 Å². The van der Waals surface area contributed by atoms with E-state index < -0.39 is 5.76 Å². The normalized spacial score (nSPS) is 10.7. The average molecular weight is 283 g/mol. The standard InChI is InChI=1S/C15H13N3O3/c16-10-3-1-9(2-4-10)7-14(19)17-11-5-6-13-12(8-11)18-15(20)21-13/h1-6,8H,7,16H2,(H,17,19)(H,18,20). The van der Waals surface area contributed by atoms with Crippen molar-refractivity contribution in [1.82, 2.24) is 4.98 Å². The van der Waals surface area contributed by atoms with Gasteiger partial charge in [0, 0.05) is 11.4 Å². The number of nitrogens with one attached hydrogen (secondary N) is 2. The Hall–Kier alpha value is -3.02. The fourth-order valence-electron chi connectivity index (χ4n) is 2.06. The van der Waals surface area contributed by atoms with E-state index in [4.69, 9.17) is 10.2 Å². The van der Waals surface area contributed by atoms with Crippen LogP contribution in [-0.2, 0) is 11.2 Å². The monoisotopic (exact) mass is 283 g/mol. The molecule has 2 aromatic carbocycles. The number of rotatable bonds is 3. The Kier molecular flexibility index (Phi) is 3.19. The number of nitrogen functional groups attached to an aromatic ring is 1. The molecule has 6 nitrogen and oxygen atoms in total. The second-order valence-corrected chi connectivity index (χ2v) is 4.69. The lowest BCUT2D eigenvalue weighted by molar-refractivity contribution is -0.115. The summed E-state index contributed by atoms with van der Waals surface area (Å²) >= 11 is 0. The van der Waals surface area contributed by atoms with E-state index >= 15 is 0 Å². The molecule has 0 fully saturated rings. The van der Waals surface area contributed by atoms with Crippen molar-refractivity contribution in [2.45, 2.75) is 6.42 Å². The van der Waals surface area contributed by atoms with E-state index in [0.717, 1.165) is 5.56 Å². The number of amides is 1. The average Bonchev–Trinajstić information content (AvgIpc) is 2.80. The van der Waals surface area contributed by atoms with Gasteiger partial charge in [-0.2, -0.15) is 0 Å². The molecule has 3 rings (SSSR count). The first-order chi connectivity index (χ1) is 10.1. The second kappa shape index (κ2) is 5.16. The van der Waals surface area contributed by atoms with Crippen molar-refractivity contribution in [3.05, 3.63) is 58.6 Å². The maximum absolute atomic E-state index is 12.0. The van der Waals surface area contributed by atoms with Crippen LogP contribution in [0.3, 0.4) is 0 Å². The van der Waals surface area contributed by atoms with E-state index in [1.165, 1.54) is 0 Å². The Morgan fingerprint density at radius 3 is 2.71 bits per heavy atom. The quantitative estimate of drug-likeness (QED) is 0.639. The molecule has 0 radical (unpaired) electrons. The van der Waals surface area contributed by atoms with Gasteiger partial charge in [-0.05, 0) is 35.9 Å². The molecule has 1 aromatic heterocycles. The van der Waals surface area contributed by atoms with Crippen LogP contribution in [0.5, 0.6) is 0 Å². The van der Waals surface area contributed by atoms with Crippen LogP contribution in [-0.4, -0.2) is 10.9 Å². The van der Waals surface area contributed by atoms with E-state index in [-0.39, 0.29) is 12.3 Å². The summed E-state index contributed by atoms with van der Waals surface area (Å²) in [5.41, 5.74) is 8.73. The minimum atomic E-state index is -0.518. The maximum atomic E-state index is 12.0. The van der Waals surface area contributed by atoms with Crippen LogP contribution in [0.2, 0.25) is 0 Å². The first-order valence-corrected chi connectivity index (χ1v) is 6.37. The summed E-state index contributed by atoms with van der Waals surface area (Å²) in [5.74, 6) is -0.666. The molecule has 1 amide bonds. The molecule has 0 aliphatic rings. The van der Waals surface area contributed by atoms with Gasteiger partial charge in [-0.1, -0.05) is 12.1 Å². The molecule has 0 aliphatic carbocycles. The number of hydrogen-bond acceptors (Lipinski definition) is 4. The van der Waals surface area contributed by atoms with Crippen LogP contribution in [0, 0.1) is 0 Å². The number of H-pyrrole nitrogens is 1. The smallest absolute Gasteiger partial charge is 0.408 e. The highest BCUT2D eigenvalue weighted by atomic mass is 16.4. The van der Waals surface area contributed by atoms with E-state index in [2.05, 4.69) is 10.3 Å². The molecule has 106 valence electrons. The summed E-state index contributed by atoms with van der Waals surface area (Å²) < 4.78 is 4.90. The summed E-state index contributed by atoms with van der Waals surface area (Å²) in [7, 11) is 0. The lowest BCUT2D eigenvalue weighted by atomic mass is 10.1. The molecule has 21 heavy (non-hydrogen) atoms. The fraction of sp³-hybridized carbons (Fsp3) is 0.0667. The Bertz CT molecular complexity index is 846. The third-order valence-electron chi connectivity index (χ3n) is 3.05. The highest BCUT2D eigenvalue weighted by Crippen LogP contribution is 2.16. The van der Waals surface area contributed by atoms with Crippen molar-refractivity contribution >= 4 is 28.4 Å². The van der Waals surface area contributed by atoms with Crippen LogP contribution in [0.15, 0.2) is 51.7 Å². The first-order valence-electron chi connectivity index (χ1n) is 6.37. The van der Waals surface area contributed by atoms with Gasteiger partial charge in [-0.3, -0.25) is 9.78 Å². The Labute approximate surface area is 119 Å². The van der Waals surface area contributed by atoms with Gasteiger partial charge in [0.05, 0.1) is 11.9 Å². The Balaban J connectivity index is 1.73. The largest absolute Gasteiger partial charge is 0.417 e. The number of carbonyl (C=O) groups excluding carboxylic acids is 1. The molecule has 4 N–H and O–H groups in total. The van der Waals surface area contributed by atoms with Crippen LogP contribution in [0.25, 0.3) is 11.1 Å². The van der Waals surface area contributed by atoms with Gasteiger partial charge in [0.15, 0.2) is 5.58 Å². The summed E-state index contributed by atoms with van der Waals surface area (Å²) in [6.07, 6.45) is 0.250. The number of aromatic nitrogens is 1. The highest BCUT2D eigenvalue weighted by Gasteiger charge is 2.06. The van der Waals surface area contributed by atoms with Crippen molar-refractivity contribution in [3.8, 4) is 0 Å². The zero-order valence-corrected chi connectivity index (χ0v) is 11.1. The zero-order chi connectivity index (χ0) is 14.8. The van der Waals surface area contributed by atoms with Gasteiger partial charge in [0.1, 0.15) is 0 Å². The number of benzene rings is 2. The van der Waals surface area contributed by atoms with Gasteiger partial charge in [0.2, 0.25) is 5.91 Å². The van der Waals surface area contributed by atoms with Crippen LogP contribution in [0.4, 0.5) is 11.4 Å². The molecule has 6 heteroatoms. The fourth-order valence-corrected chi connectivity index (χ4v) is 2.06. The summed E-state index contributed by atoms with van der Waals surface area (Å²) in [6, 6.07) is 12.1. The SMILES string of the molecule is Nc1ccc(CC(=O)Nc2ccc3oc(=O)[nH]c3c2)cc1. The number of fused-ring (bicyclic) bond motifs is 1. The van der Waals surface area contributed by atoms with Gasteiger partial charge >= 0.3 is 5.76 Å². The molecule has 0 unspecified atom stereocenters. The summed E-state index contributed by atoms with van der Waals surface area (Å²) in [4.78, 5) is 25.6. The van der Waals surface area contributed by atoms with Crippen molar-refractivity contribution in [1.29, 1.82) is 0 Å². The number of anilines is 2. The summed E-state index contributed by atoms with van der Waals surface area (Å²) in [6.45, 7) is 0. The van der Waals surface area contributed by atoms with Crippen molar-refractivity contribution in [2.24, 2.45) is 0 Å². The van der Waals surface area contributed by atoms with Crippen LogP contribution < -0.4 is 16.8 Å². The number of nitrogens with two attached hydrogens (primary N) is 1. The van der Waals surface area contributed by atoms with Gasteiger partial charge < -0.3 is 15.5 Å². The van der Waals surface area contributed by atoms with Gasteiger partial charge in [0.25, 0.3) is 0 Å². The molecule has 0 aliphatic heterocycles. The molecule has 0 atom stereocenters. The van der Waals surface area contributed by atoms with E-state index in [1.807, 2.05) is 12.1 Å². The minimum Gasteiger partial charge on any atom is -0.408 e. The molecule has 3 aromatic rings. The van der Waals surface area contributed by atoms with Crippen LogP contribution >= 0.6 is 0 Å². The predicted octanol–water partition coefficient (Wildman–Crippen LogP) is 1.88. The topological polar surface area (TPSA) is 101 Å². The van der Waals surface area contributed by atoms with Crippen molar-refractivity contribution < 1.29 is 9.21 Å². The number of hydrogen-bond donors (Lipinski definition) is 3. The van der Waals surface area contributed by atoms with Crippen molar-refractivity contribution in [3.63, 3.8) is 0 Å². The third kappa shape index (κ3) is 2.94. The molecule has 1 heterocycles. The minimum absolute atomic E-state index is 0.148. The molecule has 0 saturated carbocycles. The molecule has 0 bridgehead atoms. The lowest BCUT2D eigenvalue weighted by Gasteiger charge is -2.05. The van der Waals surface area contributed by atoms with E-state index in [9.17, 15) is 9.59 Å². The predicted molar refractivity (Wildman–Crippen MR) is 80.0 cm³/mol. The highest BCUT2D eigenvalue weighted by molar-refractivity contribution is 5.94. The molecular weight excluding hydrogens is 270 g/mol. The Morgan fingerprint density at radius 2 is 1.95 bits per heavy atom. The zero-order valence-electron chi connectivity index (χ0n) is 11.1. The second-order valence-electron chi connectivity index (χ2n) is 4.69. The number of carbonyl (C=O) groups is 1. The first kappa shape index (κ1) is 13.0. The van der Waals surface area contributed by atoms with Crippen LogP contribution in [0.1, 0.15) is 5.56 Å². The maximum Gasteiger partial charge on any atom is 0.417 e. The summed E-state index contributed by atoms with van der Waals surface area (Å²) in [5, 5.41) is 2.77. The van der Waals surface area contributed by atoms with Gasteiger partial charge in [-0.15, -0.1) is 0 Å². The molecule has 0 saturated heterocycles. The Morgan fingerprint density at radius 1 is 1.19 bits per heavy atom. The lowest BCUT2D eigenvalue weighted by Crippen LogP contribution is -2.14. The molecular formula is C15H13N3O3. The van der Waals surface area contributed by atoms with Gasteiger partial charge in [-0.25, -0.2) is 4.79 Å². The molecule has 0 spiro atoms. The number of aromatic amines is 1. The third-order valence-corrected chi connectivity index (χ3v) is 3.05. The van der Waals surface area contributed by atoms with Crippen molar-refractivity contribution in [2.75, 3.05) is 11.1 Å².